The molecule has 2 aliphatic rings. The van der Waals surface area contributed by atoms with E-state index in [-0.39, 0.29) is 30.4 Å². The zero-order chi connectivity index (χ0) is 15.0. The van der Waals surface area contributed by atoms with Crippen LogP contribution in [0.25, 0.3) is 0 Å². The van der Waals surface area contributed by atoms with Crippen molar-refractivity contribution in [1.29, 1.82) is 0 Å². The molecule has 0 aliphatic carbocycles. The Labute approximate surface area is 117 Å². The Hall–Kier alpha value is -1.15. The van der Waals surface area contributed by atoms with Crippen LogP contribution in [-0.2, 0) is 24.2 Å². The predicted molar refractivity (Wildman–Crippen MR) is 70.0 cm³/mol. The maximum absolute atomic E-state index is 12.5. The highest BCUT2D eigenvalue weighted by molar-refractivity contribution is 7.91. The van der Waals surface area contributed by atoms with Gasteiger partial charge < -0.3 is 14.7 Å². The number of carbonyl (C=O) groups excluding carboxylic acids is 1. The minimum absolute atomic E-state index is 0.0397. The second-order valence-electron chi connectivity index (χ2n) is 5.55. The van der Waals surface area contributed by atoms with Gasteiger partial charge in [-0.3, -0.25) is 9.59 Å². The van der Waals surface area contributed by atoms with Gasteiger partial charge in [0, 0.05) is 13.2 Å². The molecule has 0 spiro atoms. The van der Waals surface area contributed by atoms with Gasteiger partial charge in [-0.1, -0.05) is 0 Å². The average Bonchev–Trinajstić information content (AvgIpc) is 2.75. The van der Waals surface area contributed by atoms with E-state index in [2.05, 4.69) is 0 Å². The van der Waals surface area contributed by atoms with Gasteiger partial charge in [0.2, 0.25) is 0 Å². The Bertz CT molecular complexity index is 508. The third-order valence-electron chi connectivity index (χ3n) is 3.87. The molecular weight excluding hydrogens is 286 g/mol. The fraction of sp³-hybridized carbons (Fsp3) is 0.833. The molecule has 20 heavy (non-hydrogen) atoms. The predicted octanol–water partition coefficient (Wildman–Crippen LogP) is -0.344. The monoisotopic (exact) mass is 305 g/mol. The van der Waals surface area contributed by atoms with E-state index in [9.17, 15) is 18.0 Å². The number of nitrogens with zero attached hydrogens (tertiary/aromatic N) is 1. The number of ether oxygens (including phenoxy) is 1. The van der Waals surface area contributed by atoms with Crippen LogP contribution < -0.4 is 0 Å². The smallest absolute Gasteiger partial charge is 0.305 e. The van der Waals surface area contributed by atoms with Crippen LogP contribution in [0.1, 0.15) is 26.2 Å². The fourth-order valence-electron chi connectivity index (χ4n) is 2.78. The number of carbonyl (C=O) groups is 2. The molecule has 2 aliphatic heterocycles. The first kappa shape index (κ1) is 15.2. The summed E-state index contributed by atoms with van der Waals surface area (Å²) in [6, 6.07) is -0.806. The maximum atomic E-state index is 12.5. The van der Waals surface area contributed by atoms with Crippen molar-refractivity contribution < 1.29 is 27.9 Å². The molecule has 0 aromatic rings. The van der Waals surface area contributed by atoms with E-state index >= 15 is 0 Å². The van der Waals surface area contributed by atoms with Crippen molar-refractivity contribution in [3.63, 3.8) is 0 Å². The minimum atomic E-state index is -3.29. The van der Waals surface area contributed by atoms with Crippen LogP contribution >= 0.6 is 0 Å². The van der Waals surface area contributed by atoms with Crippen molar-refractivity contribution in [2.24, 2.45) is 0 Å². The van der Waals surface area contributed by atoms with Crippen molar-refractivity contribution in [3.05, 3.63) is 0 Å². The van der Waals surface area contributed by atoms with Gasteiger partial charge in [-0.05, 0) is 19.8 Å². The van der Waals surface area contributed by atoms with E-state index in [0.29, 0.717) is 13.0 Å². The number of rotatable bonds is 3. The van der Waals surface area contributed by atoms with Gasteiger partial charge in [0.15, 0.2) is 9.84 Å². The van der Waals surface area contributed by atoms with Crippen LogP contribution in [0.2, 0.25) is 0 Å². The number of sulfone groups is 1. The van der Waals surface area contributed by atoms with Gasteiger partial charge in [-0.15, -0.1) is 0 Å². The van der Waals surface area contributed by atoms with Gasteiger partial charge in [-0.2, -0.15) is 0 Å². The summed E-state index contributed by atoms with van der Waals surface area (Å²) in [5, 5.41) is 8.90. The molecule has 114 valence electrons. The van der Waals surface area contributed by atoms with Crippen molar-refractivity contribution in [2.45, 2.75) is 37.8 Å². The Kier molecular flexibility index (Phi) is 4.06. The molecule has 2 heterocycles. The molecule has 8 heteroatoms. The maximum Gasteiger partial charge on any atom is 0.305 e. The summed E-state index contributed by atoms with van der Waals surface area (Å²) >= 11 is 0. The van der Waals surface area contributed by atoms with Crippen LogP contribution in [0.3, 0.4) is 0 Å². The lowest BCUT2D eigenvalue weighted by Crippen LogP contribution is -2.57. The number of hydrogen-bond acceptors (Lipinski definition) is 5. The van der Waals surface area contributed by atoms with E-state index in [1.165, 1.54) is 4.90 Å². The van der Waals surface area contributed by atoms with Crippen molar-refractivity contribution in [1.82, 2.24) is 4.90 Å². The van der Waals surface area contributed by atoms with E-state index in [1.54, 1.807) is 6.92 Å². The Morgan fingerprint density at radius 1 is 1.45 bits per heavy atom. The standard InChI is InChI=1S/C12H19NO6S/c1-12(3-2-5-19-12)11(16)13-4-6-20(17,18)8-9(13)7-10(14)15/h9H,2-8H2,1H3,(H,14,15). The highest BCUT2D eigenvalue weighted by atomic mass is 32.2. The molecule has 2 rings (SSSR count). The Balaban J connectivity index is 2.19. The Morgan fingerprint density at radius 3 is 2.70 bits per heavy atom. The van der Waals surface area contributed by atoms with Gasteiger partial charge in [0.1, 0.15) is 5.60 Å². The highest BCUT2D eigenvalue weighted by Crippen LogP contribution is 2.29. The zero-order valence-corrected chi connectivity index (χ0v) is 12.2. The van der Waals surface area contributed by atoms with Crippen LogP contribution in [0.5, 0.6) is 0 Å². The SMILES string of the molecule is CC1(C(=O)N2CCS(=O)(=O)CC2CC(=O)O)CCCO1. The van der Waals surface area contributed by atoms with Crippen molar-refractivity contribution in [3.8, 4) is 0 Å². The van der Waals surface area contributed by atoms with Crippen LogP contribution in [0, 0.1) is 0 Å². The van der Waals surface area contributed by atoms with Crippen LogP contribution in [0.15, 0.2) is 0 Å². The number of carboxylic acid groups (broad SMARTS) is 1. The number of carboxylic acids is 1. The first-order valence-corrected chi connectivity index (χ1v) is 8.43. The lowest BCUT2D eigenvalue weighted by Gasteiger charge is -2.39. The molecular formula is C12H19NO6S. The first-order chi connectivity index (χ1) is 9.23. The average molecular weight is 305 g/mol. The molecule has 2 saturated heterocycles. The summed E-state index contributed by atoms with van der Waals surface area (Å²) in [4.78, 5) is 24.8. The zero-order valence-electron chi connectivity index (χ0n) is 11.4. The van der Waals surface area contributed by atoms with E-state index < -0.39 is 27.4 Å². The highest BCUT2D eigenvalue weighted by Gasteiger charge is 2.45. The largest absolute Gasteiger partial charge is 0.481 e. The van der Waals surface area contributed by atoms with Crippen LogP contribution in [0.4, 0.5) is 0 Å². The molecule has 1 amide bonds. The summed E-state index contributed by atoms with van der Waals surface area (Å²) in [6.07, 6.45) is 0.994. The summed E-state index contributed by atoms with van der Waals surface area (Å²) in [7, 11) is -3.29. The van der Waals surface area contributed by atoms with Gasteiger partial charge in [0.25, 0.3) is 5.91 Å². The van der Waals surface area contributed by atoms with E-state index in [4.69, 9.17) is 9.84 Å². The second kappa shape index (κ2) is 5.33. The molecule has 0 aromatic heterocycles. The number of hydrogen-bond donors (Lipinski definition) is 1. The number of amides is 1. The molecule has 0 bridgehead atoms. The van der Waals surface area contributed by atoms with Gasteiger partial charge in [-0.25, -0.2) is 8.42 Å². The summed E-state index contributed by atoms with van der Waals surface area (Å²) in [6.45, 7) is 2.22. The summed E-state index contributed by atoms with van der Waals surface area (Å²) in [5.74, 6) is -1.81. The third-order valence-corrected chi connectivity index (χ3v) is 5.57. The van der Waals surface area contributed by atoms with Crippen LogP contribution in [-0.4, -0.2) is 66.6 Å². The normalized spacial score (nSPS) is 33.0. The Morgan fingerprint density at radius 2 is 2.15 bits per heavy atom. The summed E-state index contributed by atoms with van der Waals surface area (Å²) in [5.41, 5.74) is -0.947. The minimum Gasteiger partial charge on any atom is -0.481 e. The van der Waals surface area contributed by atoms with Crippen molar-refractivity contribution in [2.75, 3.05) is 24.7 Å². The topological polar surface area (TPSA) is 101 Å². The van der Waals surface area contributed by atoms with E-state index in [1.807, 2.05) is 0 Å². The lowest BCUT2D eigenvalue weighted by atomic mass is 9.99. The van der Waals surface area contributed by atoms with Gasteiger partial charge in [0.05, 0.1) is 24.0 Å². The molecule has 0 radical (unpaired) electrons. The second-order valence-corrected chi connectivity index (χ2v) is 7.78. The third kappa shape index (κ3) is 3.12. The summed E-state index contributed by atoms with van der Waals surface area (Å²) < 4.78 is 28.8. The quantitative estimate of drug-likeness (QED) is 0.765. The molecule has 2 atom stereocenters. The lowest BCUT2D eigenvalue weighted by molar-refractivity contribution is -0.154. The van der Waals surface area contributed by atoms with Crippen molar-refractivity contribution >= 4 is 21.7 Å². The molecule has 0 saturated carbocycles. The van der Waals surface area contributed by atoms with Gasteiger partial charge >= 0.3 is 5.97 Å². The fourth-order valence-corrected chi connectivity index (χ4v) is 4.30. The molecule has 1 N–H and O–H groups in total. The molecule has 7 nitrogen and oxygen atoms in total. The molecule has 2 fully saturated rings. The van der Waals surface area contributed by atoms with E-state index in [0.717, 1.165) is 6.42 Å². The first-order valence-electron chi connectivity index (χ1n) is 6.61. The molecule has 2 unspecified atom stereocenters. The molecule has 0 aromatic carbocycles. The number of aliphatic carboxylic acids is 1.